The third kappa shape index (κ3) is 2.75. The fraction of sp³-hybridized carbons (Fsp3) is 0.200. The van der Waals surface area contributed by atoms with Gasteiger partial charge < -0.3 is 0 Å². The van der Waals surface area contributed by atoms with Crippen molar-refractivity contribution in [3.63, 3.8) is 0 Å². The van der Waals surface area contributed by atoms with Crippen LogP contribution in [0.5, 0.6) is 0 Å². The normalized spacial score (nSPS) is 13.5. The summed E-state index contributed by atoms with van der Waals surface area (Å²) in [4.78, 5) is 0. The Hall–Kier alpha value is -1.60. The van der Waals surface area contributed by atoms with Gasteiger partial charge in [0, 0.05) is 4.47 Å². The average molecular weight is 339 g/mol. The maximum atomic E-state index is 4.12. The number of aryl methyl sites for hydroxylation is 1. The van der Waals surface area contributed by atoms with Crippen molar-refractivity contribution in [1.82, 2.24) is 0 Å². The van der Waals surface area contributed by atoms with Crippen molar-refractivity contribution >= 4 is 27.1 Å². The van der Waals surface area contributed by atoms with E-state index in [9.17, 15) is 0 Å². The number of halogens is 1. The Kier molecular flexibility index (Phi) is 3.86. The number of benzene rings is 2. The van der Waals surface area contributed by atoms with E-state index in [2.05, 4.69) is 78.8 Å². The lowest BCUT2D eigenvalue weighted by Gasteiger charge is -2.11. The minimum atomic E-state index is 0.952. The van der Waals surface area contributed by atoms with Gasteiger partial charge in [-0.2, -0.15) is 0 Å². The maximum Gasteiger partial charge on any atom is 0.0181 e. The zero-order valence-electron chi connectivity index (χ0n) is 12.5. The van der Waals surface area contributed by atoms with Gasteiger partial charge in [0.05, 0.1) is 0 Å². The maximum absolute atomic E-state index is 4.12. The molecule has 0 radical (unpaired) electrons. The molecular weight excluding hydrogens is 320 g/mol. The zero-order chi connectivity index (χ0) is 15.0. The Labute approximate surface area is 135 Å². The van der Waals surface area contributed by atoms with Crippen molar-refractivity contribution in [2.24, 2.45) is 0 Å². The molecule has 0 N–H and O–H groups in total. The largest absolute Gasteiger partial charge is 0.0998 e. The molecule has 0 bridgehead atoms. The summed E-state index contributed by atoms with van der Waals surface area (Å²) in [7, 11) is 0. The van der Waals surface area contributed by atoms with Crippen LogP contribution in [0.1, 0.15) is 35.6 Å². The van der Waals surface area contributed by atoms with Gasteiger partial charge in [0.1, 0.15) is 0 Å². The molecule has 0 spiro atoms. The summed E-state index contributed by atoms with van der Waals surface area (Å²) in [6.07, 6.45) is 1.98. The lowest BCUT2D eigenvalue weighted by atomic mass is 9.93. The van der Waals surface area contributed by atoms with Crippen molar-refractivity contribution in [3.05, 3.63) is 81.3 Å². The zero-order valence-corrected chi connectivity index (χ0v) is 14.1. The van der Waals surface area contributed by atoms with Gasteiger partial charge in [-0.05, 0) is 72.2 Å². The summed E-state index contributed by atoms with van der Waals surface area (Å²) >= 11 is 3.60. The van der Waals surface area contributed by atoms with Gasteiger partial charge in [0.25, 0.3) is 0 Å². The lowest BCUT2D eigenvalue weighted by molar-refractivity contribution is 1.24. The standard InChI is InChI=1S/C20H19Br/c1-13(2)10-19-18-12-16(21)9-8-15(18)11-20(19)17-7-5-4-6-14(17)3/h4-9,12H,1,10-11H2,2-3H3. The smallest absolute Gasteiger partial charge is 0.0181 e. The first-order valence-electron chi connectivity index (χ1n) is 7.27. The molecule has 3 rings (SSSR count). The Morgan fingerprint density at radius 1 is 1.14 bits per heavy atom. The van der Waals surface area contributed by atoms with Crippen molar-refractivity contribution in [2.75, 3.05) is 0 Å². The monoisotopic (exact) mass is 338 g/mol. The molecule has 0 nitrogen and oxygen atoms in total. The highest BCUT2D eigenvalue weighted by Gasteiger charge is 2.23. The molecule has 0 unspecified atom stereocenters. The van der Waals surface area contributed by atoms with Crippen LogP contribution in [0.2, 0.25) is 0 Å². The van der Waals surface area contributed by atoms with E-state index < -0.39 is 0 Å². The number of rotatable bonds is 3. The fourth-order valence-electron chi connectivity index (χ4n) is 3.12. The molecule has 2 aromatic rings. The second kappa shape index (κ2) is 5.65. The molecule has 0 heterocycles. The van der Waals surface area contributed by atoms with Crippen LogP contribution in [0.25, 0.3) is 11.1 Å². The van der Waals surface area contributed by atoms with Crippen LogP contribution >= 0.6 is 15.9 Å². The minimum absolute atomic E-state index is 0.952. The predicted octanol–water partition coefficient (Wildman–Crippen LogP) is 6.19. The van der Waals surface area contributed by atoms with Crippen LogP contribution in [0.3, 0.4) is 0 Å². The number of allylic oxidation sites excluding steroid dienone is 3. The molecule has 0 saturated heterocycles. The van der Waals surface area contributed by atoms with Gasteiger partial charge in [-0.15, -0.1) is 0 Å². The molecule has 1 aliphatic carbocycles. The van der Waals surface area contributed by atoms with Crippen LogP contribution < -0.4 is 0 Å². The Bertz CT molecular complexity index is 750. The van der Waals surface area contributed by atoms with Crippen LogP contribution in [0, 0.1) is 6.92 Å². The molecule has 0 aromatic heterocycles. The Morgan fingerprint density at radius 2 is 1.90 bits per heavy atom. The van der Waals surface area contributed by atoms with E-state index in [0.717, 1.165) is 17.3 Å². The SMILES string of the molecule is C=C(C)CC1=C(c2ccccc2C)Cc2ccc(Br)cc21. The Morgan fingerprint density at radius 3 is 2.62 bits per heavy atom. The summed E-state index contributed by atoms with van der Waals surface area (Å²) < 4.78 is 1.14. The second-order valence-corrected chi connectivity index (χ2v) is 6.80. The fourth-order valence-corrected chi connectivity index (χ4v) is 3.48. The highest BCUT2D eigenvalue weighted by molar-refractivity contribution is 9.10. The van der Waals surface area contributed by atoms with Crippen molar-refractivity contribution < 1.29 is 0 Å². The molecule has 0 amide bonds. The first kappa shape index (κ1) is 14.3. The van der Waals surface area contributed by atoms with Crippen LogP contribution in [0.4, 0.5) is 0 Å². The first-order chi connectivity index (χ1) is 10.1. The summed E-state index contributed by atoms with van der Waals surface area (Å²) in [6, 6.07) is 15.3. The third-order valence-electron chi connectivity index (χ3n) is 4.08. The van der Waals surface area contributed by atoms with Crippen molar-refractivity contribution in [1.29, 1.82) is 0 Å². The van der Waals surface area contributed by atoms with Gasteiger partial charge in [-0.25, -0.2) is 0 Å². The third-order valence-corrected chi connectivity index (χ3v) is 4.57. The summed E-state index contributed by atoms with van der Waals surface area (Å²) in [5.74, 6) is 0. The second-order valence-electron chi connectivity index (χ2n) is 5.88. The summed E-state index contributed by atoms with van der Waals surface area (Å²) in [6.45, 7) is 8.42. The van der Waals surface area contributed by atoms with E-state index in [4.69, 9.17) is 0 Å². The summed E-state index contributed by atoms with van der Waals surface area (Å²) in [5, 5.41) is 0. The van der Waals surface area contributed by atoms with Crippen molar-refractivity contribution in [3.8, 4) is 0 Å². The molecular formula is C20H19Br. The number of hydrogen-bond donors (Lipinski definition) is 0. The van der Waals surface area contributed by atoms with E-state index in [1.54, 1.807) is 0 Å². The van der Waals surface area contributed by atoms with Crippen LogP contribution in [-0.4, -0.2) is 0 Å². The van der Waals surface area contributed by atoms with Gasteiger partial charge in [0.2, 0.25) is 0 Å². The van der Waals surface area contributed by atoms with Gasteiger partial charge in [-0.3, -0.25) is 0 Å². The molecule has 1 heteroatoms. The molecule has 1 aliphatic rings. The minimum Gasteiger partial charge on any atom is -0.0998 e. The van der Waals surface area contributed by atoms with E-state index in [1.165, 1.54) is 39.0 Å². The van der Waals surface area contributed by atoms with E-state index >= 15 is 0 Å². The summed E-state index contributed by atoms with van der Waals surface area (Å²) in [5.41, 5.74) is 9.64. The molecule has 0 fully saturated rings. The highest BCUT2D eigenvalue weighted by atomic mass is 79.9. The van der Waals surface area contributed by atoms with E-state index in [-0.39, 0.29) is 0 Å². The molecule has 0 aliphatic heterocycles. The lowest BCUT2D eigenvalue weighted by Crippen LogP contribution is -1.91. The first-order valence-corrected chi connectivity index (χ1v) is 8.07. The van der Waals surface area contributed by atoms with Crippen LogP contribution in [-0.2, 0) is 6.42 Å². The molecule has 106 valence electrons. The van der Waals surface area contributed by atoms with E-state index in [0.29, 0.717) is 0 Å². The number of fused-ring (bicyclic) bond motifs is 1. The Balaban J connectivity index is 2.19. The predicted molar refractivity (Wildman–Crippen MR) is 95.3 cm³/mol. The molecule has 0 atom stereocenters. The topological polar surface area (TPSA) is 0 Å². The number of hydrogen-bond acceptors (Lipinski definition) is 0. The quantitative estimate of drug-likeness (QED) is 0.585. The van der Waals surface area contributed by atoms with E-state index in [1.807, 2.05) is 0 Å². The van der Waals surface area contributed by atoms with Gasteiger partial charge in [0.15, 0.2) is 0 Å². The highest BCUT2D eigenvalue weighted by Crippen LogP contribution is 2.42. The van der Waals surface area contributed by atoms with Gasteiger partial charge in [-0.1, -0.05) is 58.4 Å². The van der Waals surface area contributed by atoms with Crippen molar-refractivity contribution in [2.45, 2.75) is 26.7 Å². The molecule has 21 heavy (non-hydrogen) atoms. The van der Waals surface area contributed by atoms with Crippen LogP contribution in [0.15, 0.2) is 59.1 Å². The average Bonchev–Trinajstić information content (AvgIpc) is 2.77. The van der Waals surface area contributed by atoms with Gasteiger partial charge >= 0.3 is 0 Å². The molecule has 2 aromatic carbocycles. The molecule has 0 saturated carbocycles.